The highest BCUT2D eigenvalue weighted by atomic mass is 32.1. The van der Waals surface area contributed by atoms with E-state index in [1.807, 2.05) is 12.3 Å². The lowest BCUT2D eigenvalue weighted by Gasteiger charge is -2.05. The fourth-order valence-corrected chi connectivity index (χ4v) is 2.37. The number of carbonyl (C=O) groups excluding carboxylic acids is 1. The summed E-state index contributed by atoms with van der Waals surface area (Å²) < 4.78 is 13.3. The molecule has 1 amide bonds. The molecular formula is C14H15FN2OS. The average Bonchev–Trinajstić information content (AvgIpc) is 2.77. The zero-order valence-corrected chi connectivity index (χ0v) is 11.5. The molecule has 0 aliphatic rings. The van der Waals surface area contributed by atoms with Gasteiger partial charge >= 0.3 is 0 Å². The lowest BCUT2D eigenvalue weighted by Crippen LogP contribution is -2.27. The highest BCUT2D eigenvalue weighted by molar-refractivity contribution is 7.09. The molecule has 0 aliphatic carbocycles. The molecule has 1 heterocycles. The van der Waals surface area contributed by atoms with E-state index < -0.39 is 0 Å². The third-order valence-corrected chi connectivity index (χ3v) is 3.50. The topological polar surface area (TPSA) is 42.0 Å². The van der Waals surface area contributed by atoms with Crippen LogP contribution in [-0.4, -0.2) is 17.4 Å². The van der Waals surface area contributed by atoms with E-state index in [0.29, 0.717) is 18.5 Å². The predicted octanol–water partition coefficient (Wildman–Crippen LogP) is 2.49. The number of amides is 1. The van der Waals surface area contributed by atoms with Crippen molar-refractivity contribution in [3.05, 3.63) is 51.7 Å². The van der Waals surface area contributed by atoms with Gasteiger partial charge < -0.3 is 5.32 Å². The molecule has 3 nitrogen and oxygen atoms in total. The SMILES string of the molecule is Cc1nc(CC(=O)NCCc2ccccc2F)cs1. The van der Waals surface area contributed by atoms with Crippen molar-refractivity contribution in [3.8, 4) is 0 Å². The first-order valence-corrected chi connectivity index (χ1v) is 6.94. The number of thiazole rings is 1. The van der Waals surface area contributed by atoms with Crippen molar-refractivity contribution >= 4 is 17.2 Å². The second kappa shape index (κ2) is 6.43. The van der Waals surface area contributed by atoms with Gasteiger partial charge in [0.05, 0.1) is 17.1 Å². The van der Waals surface area contributed by atoms with Crippen molar-refractivity contribution in [3.63, 3.8) is 0 Å². The maximum atomic E-state index is 13.3. The molecule has 0 fully saturated rings. The van der Waals surface area contributed by atoms with Crippen molar-refractivity contribution in [2.45, 2.75) is 19.8 Å². The van der Waals surface area contributed by atoms with Crippen LogP contribution < -0.4 is 5.32 Å². The van der Waals surface area contributed by atoms with Crippen LogP contribution in [0.5, 0.6) is 0 Å². The summed E-state index contributed by atoms with van der Waals surface area (Å²) in [4.78, 5) is 15.9. The molecule has 19 heavy (non-hydrogen) atoms. The van der Waals surface area contributed by atoms with Crippen LogP contribution in [0.1, 0.15) is 16.3 Å². The summed E-state index contributed by atoms with van der Waals surface area (Å²) in [5.74, 6) is -0.312. The molecule has 0 unspecified atom stereocenters. The van der Waals surface area contributed by atoms with Crippen molar-refractivity contribution in [1.29, 1.82) is 0 Å². The Bertz CT molecular complexity index is 568. The minimum atomic E-state index is -0.230. The zero-order chi connectivity index (χ0) is 13.7. The van der Waals surface area contributed by atoms with Crippen LogP contribution in [0.4, 0.5) is 4.39 Å². The number of rotatable bonds is 5. The summed E-state index contributed by atoms with van der Waals surface area (Å²) in [5, 5.41) is 5.61. The lowest BCUT2D eigenvalue weighted by molar-refractivity contribution is -0.120. The van der Waals surface area contributed by atoms with E-state index >= 15 is 0 Å². The normalized spacial score (nSPS) is 10.4. The minimum absolute atomic E-state index is 0.0818. The van der Waals surface area contributed by atoms with Crippen LogP contribution in [0, 0.1) is 12.7 Å². The standard InChI is InChI=1S/C14H15FN2OS/c1-10-17-12(9-19-10)8-14(18)16-7-6-11-4-2-3-5-13(11)15/h2-5,9H,6-8H2,1H3,(H,16,18). The van der Waals surface area contributed by atoms with Gasteiger partial charge in [0.25, 0.3) is 0 Å². The van der Waals surface area contributed by atoms with Gasteiger partial charge in [0, 0.05) is 11.9 Å². The smallest absolute Gasteiger partial charge is 0.226 e. The summed E-state index contributed by atoms with van der Waals surface area (Å²) in [5.41, 5.74) is 1.40. The monoisotopic (exact) mass is 278 g/mol. The van der Waals surface area contributed by atoms with E-state index in [1.54, 1.807) is 18.2 Å². The molecule has 1 N–H and O–H groups in total. The van der Waals surface area contributed by atoms with Gasteiger partial charge in [-0.2, -0.15) is 0 Å². The Hall–Kier alpha value is -1.75. The fraction of sp³-hybridized carbons (Fsp3) is 0.286. The van der Waals surface area contributed by atoms with Gasteiger partial charge in [-0.25, -0.2) is 9.37 Å². The highest BCUT2D eigenvalue weighted by Gasteiger charge is 2.06. The molecule has 0 radical (unpaired) electrons. The number of nitrogens with zero attached hydrogens (tertiary/aromatic N) is 1. The Labute approximate surface area is 115 Å². The van der Waals surface area contributed by atoms with Crippen LogP contribution in [-0.2, 0) is 17.6 Å². The van der Waals surface area contributed by atoms with Crippen LogP contribution >= 0.6 is 11.3 Å². The van der Waals surface area contributed by atoms with Gasteiger partial charge in [-0.15, -0.1) is 11.3 Å². The molecule has 2 aromatic rings. The minimum Gasteiger partial charge on any atom is -0.355 e. The molecule has 0 saturated carbocycles. The highest BCUT2D eigenvalue weighted by Crippen LogP contribution is 2.08. The summed E-state index contributed by atoms with van der Waals surface area (Å²) in [7, 11) is 0. The summed E-state index contributed by atoms with van der Waals surface area (Å²) in [6, 6.07) is 6.60. The quantitative estimate of drug-likeness (QED) is 0.913. The van der Waals surface area contributed by atoms with Crippen molar-refractivity contribution in [2.24, 2.45) is 0 Å². The van der Waals surface area contributed by atoms with E-state index in [-0.39, 0.29) is 18.1 Å². The Balaban J connectivity index is 1.77. The van der Waals surface area contributed by atoms with Crippen LogP contribution in [0.25, 0.3) is 0 Å². The van der Waals surface area contributed by atoms with Gasteiger partial charge in [0.15, 0.2) is 0 Å². The Morgan fingerprint density at radius 2 is 2.21 bits per heavy atom. The Kier molecular flexibility index (Phi) is 4.63. The number of nitrogens with one attached hydrogen (secondary N) is 1. The molecule has 1 aromatic heterocycles. The van der Waals surface area contributed by atoms with Crippen molar-refractivity contribution < 1.29 is 9.18 Å². The van der Waals surface area contributed by atoms with Gasteiger partial charge in [-0.1, -0.05) is 18.2 Å². The Morgan fingerprint density at radius 3 is 2.89 bits per heavy atom. The third kappa shape index (κ3) is 4.13. The van der Waals surface area contributed by atoms with E-state index in [1.165, 1.54) is 17.4 Å². The number of hydrogen-bond acceptors (Lipinski definition) is 3. The molecule has 2 rings (SSSR count). The van der Waals surface area contributed by atoms with E-state index in [9.17, 15) is 9.18 Å². The van der Waals surface area contributed by atoms with Crippen molar-refractivity contribution in [2.75, 3.05) is 6.54 Å². The summed E-state index contributed by atoms with van der Waals surface area (Å²) in [6.45, 7) is 2.34. The predicted molar refractivity (Wildman–Crippen MR) is 73.7 cm³/mol. The summed E-state index contributed by atoms with van der Waals surface area (Å²) in [6.07, 6.45) is 0.774. The number of aromatic nitrogens is 1. The second-order valence-electron chi connectivity index (χ2n) is 4.23. The maximum absolute atomic E-state index is 13.3. The molecule has 1 aromatic carbocycles. The Morgan fingerprint density at radius 1 is 1.42 bits per heavy atom. The molecule has 0 spiro atoms. The number of benzene rings is 1. The third-order valence-electron chi connectivity index (χ3n) is 2.68. The first-order chi connectivity index (χ1) is 9.15. The molecule has 0 bridgehead atoms. The van der Waals surface area contributed by atoms with Crippen molar-refractivity contribution in [1.82, 2.24) is 10.3 Å². The molecule has 0 saturated heterocycles. The maximum Gasteiger partial charge on any atom is 0.226 e. The molecule has 0 aliphatic heterocycles. The lowest BCUT2D eigenvalue weighted by atomic mass is 10.1. The first kappa shape index (κ1) is 13.7. The number of hydrogen-bond donors (Lipinski definition) is 1. The van der Waals surface area contributed by atoms with Gasteiger partial charge in [0.1, 0.15) is 5.82 Å². The molecule has 5 heteroatoms. The molecular weight excluding hydrogens is 263 g/mol. The molecule has 0 atom stereocenters. The number of carbonyl (C=O) groups is 1. The summed E-state index contributed by atoms with van der Waals surface area (Å²) >= 11 is 1.53. The van der Waals surface area contributed by atoms with E-state index in [4.69, 9.17) is 0 Å². The zero-order valence-electron chi connectivity index (χ0n) is 10.6. The number of halogens is 1. The van der Waals surface area contributed by atoms with Gasteiger partial charge in [-0.05, 0) is 25.0 Å². The van der Waals surface area contributed by atoms with Crippen LogP contribution in [0.3, 0.4) is 0 Å². The van der Waals surface area contributed by atoms with Gasteiger partial charge in [0.2, 0.25) is 5.91 Å². The number of aryl methyl sites for hydroxylation is 1. The largest absolute Gasteiger partial charge is 0.355 e. The van der Waals surface area contributed by atoms with Gasteiger partial charge in [-0.3, -0.25) is 4.79 Å². The second-order valence-corrected chi connectivity index (χ2v) is 5.29. The molecule has 100 valence electrons. The first-order valence-electron chi connectivity index (χ1n) is 6.06. The van der Waals surface area contributed by atoms with E-state index in [0.717, 1.165) is 10.7 Å². The van der Waals surface area contributed by atoms with Crippen LogP contribution in [0.2, 0.25) is 0 Å². The average molecular weight is 278 g/mol. The van der Waals surface area contributed by atoms with Crippen LogP contribution in [0.15, 0.2) is 29.6 Å². The fourth-order valence-electron chi connectivity index (χ4n) is 1.75. The van der Waals surface area contributed by atoms with E-state index in [2.05, 4.69) is 10.3 Å².